The van der Waals surface area contributed by atoms with E-state index in [0.29, 0.717) is 0 Å². The zero-order valence-corrected chi connectivity index (χ0v) is 9.90. The third kappa shape index (κ3) is 4.29. The highest BCUT2D eigenvalue weighted by atomic mass is 32.3. The highest BCUT2D eigenvalue weighted by Crippen LogP contribution is 2.30. The predicted molar refractivity (Wildman–Crippen MR) is 47.2 cm³/mol. The number of hydrogen-bond acceptors (Lipinski definition) is 5. The van der Waals surface area contributed by atoms with Gasteiger partial charge in [-0.25, -0.2) is 16.8 Å². The Labute approximate surface area is 98.5 Å². The summed E-state index contributed by atoms with van der Waals surface area (Å²) in [5.74, 6) is -0.979. The van der Waals surface area contributed by atoms with Gasteiger partial charge in [-0.15, -0.1) is 0 Å². The minimum Gasteiger partial charge on any atom is -0.372 e. The van der Waals surface area contributed by atoms with E-state index in [1.165, 1.54) is 0 Å². The molecule has 0 aromatic carbocycles. The van der Waals surface area contributed by atoms with Crippen LogP contribution in [0.2, 0.25) is 0 Å². The van der Waals surface area contributed by atoms with Gasteiger partial charge in [-0.2, -0.15) is 22.0 Å². The molecule has 0 radical (unpaired) electrons. The smallest absolute Gasteiger partial charge is 0.372 e. The molecule has 1 aliphatic heterocycles. The molecule has 108 valence electrons. The molecular weight excluding hydrogens is 313 g/mol. The average Bonchev–Trinajstić information content (AvgIpc) is 2.81. The van der Waals surface area contributed by atoms with Gasteiger partial charge < -0.3 is 4.74 Å². The largest absolute Gasteiger partial charge is 0.505 e. The van der Waals surface area contributed by atoms with Crippen LogP contribution in [0, 0.1) is 0 Å². The Hall–Kier alpha value is -0.530. The van der Waals surface area contributed by atoms with Crippen molar-refractivity contribution < 1.29 is 43.5 Å². The molecule has 18 heavy (non-hydrogen) atoms. The molecule has 0 bridgehead atoms. The van der Waals surface area contributed by atoms with Gasteiger partial charge in [0.2, 0.25) is 0 Å². The Morgan fingerprint density at radius 2 is 1.83 bits per heavy atom. The molecule has 0 aromatic heterocycles. The van der Waals surface area contributed by atoms with Gasteiger partial charge in [0.25, 0.3) is 20.0 Å². The molecule has 1 heterocycles. The summed E-state index contributed by atoms with van der Waals surface area (Å²) in [6, 6.07) is 0. The summed E-state index contributed by atoms with van der Waals surface area (Å²) in [7, 11) is -10.9. The van der Waals surface area contributed by atoms with Crippen molar-refractivity contribution in [2.75, 3.05) is 12.4 Å². The quantitative estimate of drug-likeness (QED) is 0.554. The SMILES string of the molecule is O=S(=O)(CC1CO1)N=S(=O)(OC(F)F)C(F)(F)F. The molecule has 0 aromatic rings. The van der Waals surface area contributed by atoms with Crippen LogP contribution < -0.4 is 0 Å². The summed E-state index contributed by atoms with van der Waals surface area (Å²) in [4.78, 5) is 0. The second kappa shape index (κ2) is 4.86. The van der Waals surface area contributed by atoms with E-state index in [-0.39, 0.29) is 6.61 Å². The van der Waals surface area contributed by atoms with Crippen molar-refractivity contribution in [1.82, 2.24) is 0 Å². The molecule has 13 heteroatoms. The first-order valence-electron chi connectivity index (χ1n) is 4.10. The summed E-state index contributed by atoms with van der Waals surface area (Å²) in [6.45, 7) is -4.10. The molecule has 6 nitrogen and oxygen atoms in total. The first kappa shape index (κ1) is 15.5. The van der Waals surface area contributed by atoms with E-state index in [0.717, 1.165) is 0 Å². The minimum atomic E-state index is -6.05. The lowest BCUT2D eigenvalue weighted by molar-refractivity contribution is -0.0854. The highest BCUT2D eigenvalue weighted by Gasteiger charge is 2.48. The summed E-state index contributed by atoms with van der Waals surface area (Å²) in [5.41, 5.74) is -5.86. The van der Waals surface area contributed by atoms with Crippen LogP contribution in [0.15, 0.2) is 3.77 Å². The summed E-state index contributed by atoms with van der Waals surface area (Å²) < 4.78 is 102. The van der Waals surface area contributed by atoms with E-state index in [4.69, 9.17) is 0 Å². The van der Waals surface area contributed by atoms with Gasteiger partial charge in [0.1, 0.15) is 5.75 Å². The fraction of sp³-hybridized carbons (Fsp3) is 1.00. The number of hydrogen-bond donors (Lipinski definition) is 0. The maximum absolute atomic E-state index is 12.2. The maximum atomic E-state index is 12.2. The second-order valence-electron chi connectivity index (χ2n) is 3.06. The van der Waals surface area contributed by atoms with Gasteiger partial charge in [-0.3, -0.25) is 0 Å². The normalized spacial score (nSPS) is 23.8. The van der Waals surface area contributed by atoms with Crippen LogP contribution in [-0.4, -0.2) is 43.2 Å². The van der Waals surface area contributed by atoms with Crippen molar-refractivity contribution in [2.45, 2.75) is 18.2 Å². The zero-order chi connectivity index (χ0) is 14.2. The Kier molecular flexibility index (Phi) is 4.19. The predicted octanol–water partition coefficient (Wildman–Crippen LogP) is 0.857. The van der Waals surface area contributed by atoms with Crippen LogP contribution in [0.4, 0.5) is 22.0 Å². The van der Waals surface area contributed by atoms with E-state index < -0.39 is 44.0 Å². The highest BCUT2D eigenvalue weighted by molar-refractivity contribution is 8.01. The standard InChI is InChI=1S/C5H6F5NO5S2/c6-4(7)16-18(14,5(8,9)10)11-17(12,13)2-3-1-15-3/h3-4H,1-2H2. The van der Waals surface area contributed by atoms with Gasteiger partial charge in [-0.05, 0) is 0 Å². The average molecular weight is 319 g/mol. The lowest BCUT2D eigenvalue weighted by Gasteiger charge is -2.12. The number of ether oxygens (including phenoxy) is 1. The van der Waals surface area contributed by atoms with Crippen LogP contribution in [0.5, 0.6) is 0 Å². The van der Waals surface area contributed by atoms with Gasteiger partial charge in [0.05, 0.1) is 12.7 Å². The van der Waals surface area contributed by atoms with Crippen LogP contribution in [-0.2, 0) is 29.0 Å². The van der Waals surface area contributed by atoms with Gasteiger partial charge in [0.15, 0.2) is 0 Å². The number of halogens is 5. The zero-order valence-electron chi connectivity index (χ0n) is 8.26. The van der Waals surface area contributed by atoms with Crippen molar-refractivity contribution in [2.24, 2.45) is 3.77 Å². The molecule has 1 rings (SSSR count). The van der Waals surface area contributed by atoms with Crippen molar-refractivity contribution in [3.05, 3.63) is 0 Å². The van der Waals surface area contributed by atoms with Crippen LogP contribution in [0.25, 0.3) is 0 Å². The van der Waals surface area contributed by atoms with Crippen LogP contribution in [0.1, 0.15) is 0 Å². The van der Waals surface area contributed by atoms with E-state index in [9.17, 15) is 34.6 Å². The van der Waals surface area contributed by atoms with E-state index in [1.807, 2.05) is 3.77 Å². The number of alkyl halides is 5. The molecule has 2 atom stereocenters. The Morgan fingerprint density at radius 1 is 1.33 bits per heavy atom. The molecule has 0 amide bonds. The van der Waals surface area contributed by atoms with Gasteiger partial charge >= 0.3 is 12.1 Å². The lowest BCUT2D eigenvalue weighted by Crippen LogP contribution is -2.29. The molecule has 0 spiro atoms. The van der Waals surface area contributed by atoms with Crippen LogP contribution >= 0.6 is 0 Å². The molecular formula is C5H6F5NO5S2. The van der Waals surface area contributed by atoms with E-state index in [2.05, 4.69) is 8.92 Å². The minimum absolute atomic E-state index is 0.0162. The summed E-state index contributed by atoms with van der Waals surface area (Å²) in [6.07, 6.45) is -0.873. The molecule has 0 saturated carbocycles. The fourth-order valence-electron chi connectivity index (χ4n) is 0.792. The van der Waals surface area contributed by atoms with Crippen molar-refractivity contribution in [1.29, 1.82) is 0 Å². The first-order chi connectivity index (χ1) is 7.95. The number of rotatable bonds is 5. The third-order valence-electron chi connectivity index (χ3n) is 1.51. The number of sulfonamides is 1. The fourth-order valence-corrected chi connectivity index (χ4v) is 3.68. The third-order valence-corrected chi connectivity index (χ3v) is 4.98. The molecule has 0 aliphatic carbocycles. The Bertz CT molecular complexity index is 515. The van der Waals surface area contributed by atoms with Gasteiger partial charge in [-0.1, -0.05) is 3.77 Å². The van der Waals surface area contributed by atoms with E-state index >= 15 is 0 Å². The Morgan fingerprint density at radius 3 is 2.17 bits per heavy atom. The number of epoxide rings is 1. The first-order valence-corrected chi connectivity index (χ1v) is 7.15. The second-order valence-corrected chi connectivity index (χ2v) is 6.76. The van der Waals surface area contributed by atoms with Gasteiger partial charge in [0, 0.05) is 0 Å². The monoisotopic (exact) mass is 319 g/mol. The Balaban J connectivity index is 3.13. The summed E-state index contributed by atoms with van der Waals surface area (Å²) >= 11 is 0. The van der Waals surface area contributed by atoms with Crippen LogP contribution in [0.3, 0.4) is 0 Å². The molecule has 0 N–H and O–H groups in total. The molecule has 2 unspecified atom stereocenters. The topological polar surface area (TPSA) is 85.3 Å². The molecule has 1 fully saturated rings. The number of nitrogens with zero attached hydrogens (tertiary/aromatic N) is 1. The van der Waals surface area contributed by atoms with Crippen molar-refractivity contribution in [3.8, 4) is 0 Å². The molecule has 1 aliphatic rings. The molecule has 1 saturated heterocycles. The van der Waals surface area contributed by atoms with Crippen molar-refractivity contribution in [3.63, 3.8) is 0 Å². The maximum Gasteiger partial charge on any atom is 0.505 e. The summed E-state index contributed by atoms with van der Waals surface area (Å²) in [5, 5.41) is 0. The van der Waals surface area contributed by atoms with Crippen molar-refractivity contribution >= 4 is 20.0 Å². The van der Waals surface area contributed by atoms with E-state index in [1.54, 1.807) is 0 Å². The lowest BCUT2D eigenvalue weighted by atomic mass is 10.6.